The van der Waals surface area contributed by atoms with Crippen molar-refractivity contribution < 1.29 is 15.0 Å². The Hall–Kier alpha value is -0.670. The van der Waals surface area contributed by atoms with Crippen molar-refractivity contribution in [3.63, 3.8) is 0 Å². The van der Waals surface area contributed by atoms with Crippen molar-refractivity contribution in [3.8, 4) is 0 Å². The summed E-state index contributed by atoms with van der Waals surface area (Å²) in [5.74, 6) is 0.970. The van der Waals surface area contributed by atoms with E-state index in [4.69, 9.17) is 10.2 Å². The summed E-state index contributed by atoms with van der Waals surface area (Å²) in [6.07, 6.45) is 10.9. The third-order valence-corrected chi connectivity index (χ3v) is 4.53. The maximum atomic E-state index is 11.7. The van der Waals surface area contributed by atoms with Gasteiger partial charge in [-0.15, -0.1) is 0 Å². The molecule has 23 heavy (non-hydrogen) atoms. The molecule has 0 bridgehead atoms. The van der Waals surface area contributed by atoms with Crippen LogP contribution in [0.15, 0.2) is 11.6 Å². The van der Waals surface area contributed by atoms with E-state index in [9.17, 15) is 4.79 Å². The van der Waals surface area contributed by atoms with Gasteiger partial charge in [0.25, 0.3) is 0 Å². The summed E-state index contributed by atoms with van der Waals surface area (Å²) < 4.78 is 0. The van der Waals surface area contributed by atoms with E-state index in [2.05, 4.69) is 33.8 Å². The molecule has 0 aromatic heterocycles. The molecule has 2 N–H and O–H groups in total. The molecule has 3 nitrogen and oxygen atoms in total. The zero-order valence-electron chi connectivity index (χ0n) is 15.7. The average Bonchev–Trinajstić information content (AvgIpc) is 2.48. The zero-order chi connectivity index (χ0) is 17.7. The van der Waals surface area contributed by atoms with Crippen LogP contribution in [-0.4, -0.2) is 29.2 Å². The standard InChI is InChI=1S/C20H38O3/c1-16(2)8-5-9-17(3)10-6-11-18(4)12-7-13-20(23)19(14-21)15-22/h12,16-17,19,21-22H,5-11,13-15H2,1-4H3. The van der Waals surface area contributed by atoms with Crippen LogP contribution in [0.2, 0.25) is 0 Å². The van der Waals surface area contributed by atoms with E-state index >= 15 is 0 Å². The van der Waals surface area contributed by atoms with Crippen LogP contribution >= 0.6 is 0 Å². The molecule has 0 amide bonds. The van der Waals surface area contributed by atoms with Gasteiger partial charge in [0.1, 0.15) is 5.78 Å². The molecular weight excluding hydrogens is 288 g/mol. The summed E-state index contributed by atoms with van der Waals surface area (Å²) >= 11 is 0. The first kappa shape index (κ1) is 22.3. The van der Waals surface area contributed by atoms with Crippen molar-refractivity contribution in [2.75, 3.05) is 13.2 Å². The van der Waals surface area contributed by atoms with E-state index in [-0.39, 0.29) is 19.0 Å². The number of aliphatic hydroxyl groups excluding tert-OH is 2. The van der Waals surface area contributed by atoms with Gasteiger partial charge in [-0.2, -0.15) is 0 Å². The first-order chi connectivity index (χ1) is 10.9. The second-order valence-corrected chi connectivity index (χ2v) is 7.44. The molecule has 0 aliphatic carbocycles. The molecule has 0 aromatic carbocycles. The number of ketones is 1. The molecule has 0 saturated carbocycles. The summed E-state index contributed by atoms with van der Waals surface area (Å²) in [5, 5.41) is 17.9. The van der Waals surface area contributed by atoms with Crippen LogP contribution in [0.1, 0.15) is 79.1 Å². The van der Waals surface area contributed by atoms with Gasteiger partial charge in [0.15, 0.2) is 0 Å². The second-order valence-electron chi connectivity index (χ2n) is 7.44. The van der Waals surface area contributed by atoms with Crippen LogP contribution in [0, 0.1) is 17.8 Å². The quantitative estimate of drug-likeness (QED) is 0.462. The first-order valence-corrected chi connectivity index (χ1v) is 9.30. The number of Topliss-reactive ketones (excluding diaryl/α,β-unsaturated/α-hetero) is 1. The van der Waals surface area contributed by atoms with Gasteiger partial charge in [0.2, 0.25) is 0 Å². The van der Waals surface area contributed by atoms with Crippen molar-refractivity contribution in [2.24, 2.45) is 17.8 Å². The fourth-order valence-electron chi connectivity index (χ4n) is 2.78. The summed E-state index contributed by atoms with van der Waals surface area (Å²) in [6.45, 7) is 8.53. The number of hydrogen-bond acceptors (Lipinski definition) is 3. The maximum absolute atomic E-state index is 11.7. The Bertz CT molecular complexity index is 330. The molecule has 0 heterocycles. The van der Waals surface area contributed by atoms with Crippen molar-refractivity contribution in [2.45, 2.75) is 79.1 Å². The molecule has 0 saturated heterocycles. The molecule has 0 spiro atoms. The fourth-order valence-corrected chi connectivity index (χ4v) is 2.78. The molecular formula is C20H38O3. The summed E-state index contributed by atoms with van der Waals surface area (Å²) in [5.41, 5.74) is 1.34. The predicted molar refractivity (Wildman–Crippen MR) is 97.4 cm³/mol. The van der Waals surface area contributed by atoms with Gasteiger partial charge in [-0.3, -0.25) is 4.79 Å². The lowest BCUT2D eigenvalue weighted by molar-refractivity contribution is -0.125. The van der Waals surface area contributed by atoms with Gasteiger partial charge in [0.05, 0.1) is 19.1 Å². The van der Waals surface area contributed by atoms with Crippen LogP contribution in [0.3, 0.4) is 0 Å². The molecule has 0 aliphatic heterocycles. The lowest BCUT2D eigenvalue weighted by Crippen LogP contribution is -2.21. The van der Waals surface area contributed by atoms with Crippen LogP contribution in [0.5, 0.6) is 0 Å². The van der Waals surface area contributed by atoms with E-state index in [1.165, 1.54) is 37.7 Å². The smallest absolute Gasteiger partial charge is 0.140 e. The zero-order valence-corrected chi connectivity index (χ0v) is 15.7. The number of rotatable bonds is 14. The summed E-state index contributed by atoms with van der Waals surface area (Å²) in [6, 6.07) is 0. The second kappa shape index (κ2) is 13.7. The van der Waals surface area contributed by atoms with Crippen molar-refractivity contribution in [1.82, 2.24) is 0 Å². The lowest BCUT2D eigenvalue weighted by atomic mass is 9.94. The highest BCUT2D eigenvalue weighted by molar-refractivity contribution is 5.81. The molecule has 3 heteroatoms. The van der Waals surface area contributed by atoms with E-state index in [0.29, 0.717) is 12.8 Å². The van der Waals surface area contributed by atoms with Crippen molar-refractivity contribution >= 4 is 5.78 Å². The minimum atomic E-state index is -0.601. The van der Waals surface area contributed by atoms with Gasteiger partial charge in [0, 0.05) is 6.42 Å². The summed E-state index contributed by atoms with van der Waals surface area (Å²) in [4.78, 5) is 11.7. The molecule has 0 aliphatic rings. The third-order valence-electron chi connectivity index (χ3n) is 4.53. The van der Waals surface area contributed by atoms with Crippen LogP contribution in [0.4, 0.5) is 0 Å². The van der Waals surface area contributed by atoms with Gasteiger partial charge < -0.3 is 10.2 Å². The van der Waals surface area contributed by atoms with Crippen LogP contribution < -0.4 is 0 Å². The Balaban J connectivity index is 3.80. The highest BCUT2D eigenvalue weighted by Crippen LogP contribution is 2.19. The van der Waals surface area contributed by atoms with Crippen molar-refractivity contribution in [3.05, 3.63) is 11.6 Å². The Morgan fingerprint density at radius 1 is 0.957 bits per heavy atom. The number of hydrogen-bond donors (Lipinski definition) is 2. The highest BCUT2D eigenvalue weighted by atomic mass is 16.3. The van der Waals surface area contributed by atoms with Gasteiger partial charge >= 0.3 is 0 Å². The van der Waals surface area contributed by atoms with E-state index in [1.807, 2.05) is 0 Å². The molecule has 1 unspecified atom stereocenters. The molecule has 0 radical (unpaired) electrons. The number of carbonyl (C=O) groups is 1. The monoisotopic (exact) mass is 326 g/mol. The minimum Gasteiger partial charge on any atom is -0.396 e. The normalized spacial score (nSPS) is 13.8. The first-order valence-electron chi connectivity index (χ1n) is 9.30. The Labute approximate surface area is 143 Å². The van der Waals surface area contributed by atoms with E-state index in [1.54, 1.807) is 0 Å². The van der Waals surface area contributed by atoms with Gasteiger partial charge in [-0.05, 0) is 38.0 Å². The Morgan fingerprint density at radius 2 is 1.57 bits per heavy atom. The Kier molecular flexibility index (Phi) is 13.3. The third kappa shape index (κ3) is 12.4. The SMILES string of the molecule is CC(=CCCC(=O)C(CO)CO)CCCC(C)CCCC(C)C. The number of allylic oxidation sites excluding steroid dienone is 2. The number of carbonyl (C=O) groups excluding carboxylic acids is 1. The van der Waals surface area contributed by atoms with Crippen LogP contribution in [-0.2, 0) is 4.79 Å². The van der Waals surface area contributed by atoms with E-state index < -0.39 is 5.92 Å². The molecule has 0 fully saturated rings. The number of aliphatic hydroxyl groups is 2. The maximum Gasteiger partial charge on any atom is 0.140 e. The molecule has 0 rings (SSSR count). The van der Waals surface area contributed by atoms with Gasteiger partial charge in [-0.25, -0.2) is 0 Å². The fraction of sp³-hybridized carbons (Fsp3) is 0.850. The molecule has 1 atom stereocenters. The molecule has 0 aromatic rings. The lowest BCUT2D eigenvalue weighted by Gasteiger charge is -2.12. The average molecular weight is 327 g/mol. The van der Waals surface area contributed by atoms with Crippen molar-refractivity contribution in [1.29, 1.82) is 0 Å². The summed E-state index contributed by atoms with van der Waals surface area (Å²) in [7, 11) is 0. The van der Waals surface area contributed by atoms with Crippen LogP contribution in [0.25, 0.3) is 0 Å². The minimum absolute atomic E-state index is 0.0437. The topological polar surface area (TPSA) is 57.5 Å². The van der Waals surface area contributed by atoms with Gasteiger partial charge in [-0.1, -0.05) is 58.1 Å². The highest BCUT2D eigenvalue weighted by Gasteiger charge is 2.14. The van der Waals surface area contributed by atoms with E-state index in [0.717, 1.165) is 18.3 Å². The predicted octanol–water partition coefficient (Wildman–Crippen LogP) is 4.52. The largest absolute Gasteiger partial charge is 0.396 e. The molecule has 136 valence electrons. The Morgan fingerprint density at radius 3 is 2.13 bits per heavy atom.